The summed E-state index contributed by atoms with van der Waals surface area (Å²) in [6.07, 6.45) is 1.44. The third kappa shape index (κ3) is 3.15. The Hall–Kier alpha value is -3.30. The van der Waals surface area contributed by atoms with Gasteiger partial charge < -0.3 is 10.1 Å². The summed E-state index contributed by atoms with van der Waals surface area (Å²) in [5.74, 6) is 0.482. The fourth-order valence-electron chi connectivity index (χ4n) is 1.91. The van der Waals surface area contributed by atoms with Gasteiger partial charge >= 0.3 is 0 Å². The van der Waals surface area contributed by atoms with Crippen LogP contribution >= 0.6 is 0 Å². The summed E-state index contributed by atoms with van der Waals surface area (Å²) in [6, 6.07) is 6.22. The maximum absolute atomic E-state index is 11.9. The molecule has 3 aromatic rings. The lowest BCUT2D eigenvalue weighted by Crippen LogP contribution is -2.33. The molecular weight excluding hydrogens is 302 g/mol. The van der Waals surface area contributed by atoms with Gasteiger partial charge in [-0.25, -0.2) is 4.68 Å². The maximum Gasteiger partial charge on any atom is 0.267 e. The monoisotopic (exact) mass is 315 g/mol. The SMILES string of the molecule is COc1ccc2nnc(CNC(=O)Cn3ncccc3=O)n2n1. The van der Waals surface area contributed by atoms with Crippen molar-refractivity contribution in [3.63, 3.8) is 0 Å². The minimum atomic E-state index is -0.370. The Morgan fingerprint density at radius 2 is 2.17 bits per heavy atom. The number of nitrogens with one attached hydrogen (secondary N) is 1. The van der Waals surface area contributed by atoms with Crippen LogP contribution in [-0.4, -0.2) is 42.6 Å². The first kappa shape index (κ1) is 14.6. The zero-order chi connectivity index (χ0) is 16.2. The molecule has 118 valence electrons. The van der Waals surface area contributed by atoms with Crippen LogP contribution in [0.4, 0.5) is 0 Å². The molecule has 0 bridgehead atoms. The van der Waals surface area contributed by atoms with E-state index in [0.29, 0.717) is 17.4 Å². The average molecular weight is 315 g/mol. The second-order valence-electron chi connectivity index (χ2n) is 4.56. The summed E-state index contributed by atoms with van der Waals surface area (Å²) in [7, 11) is 1.50. The Kier molecular flexibility index (Phi) is 3.95. The number of rotatable bonds is 5. The van der Waals surface area contributed by atoms with E-state index in [1.165, 1.54) is 30.0 Å². The van der Waals surface area contributed by atoms with Crippen LogP contribution < -0.4 is 15.6 Å². The van der Waals surface area contributed by atoms with Crippen molar-refractivity contribution in [3.05, 3.63) is 46.6 Å². The second-order valence-corrected chi connectivity index (χ2v) is 4.56. The Labute approximate surface area is 129 Å². The van der Waals surface area contributed by atoms with E-state index in [-0.39, 0.29) is 24.6 Å². The highest BCUT2D eigenvalue weighted by atomic mass is 16.5. The summed E-state index contributed by atoms with van der Waals surface area (Å²) in [4.78, 5) is 23.4. The van der Waals surface area contributed by atoms with Gasteiger partial charge in [0.25, 0.3) is 5.56 Å². The van der Waals surface area contributed by atoms with Gasteiger partial charge in [-0.2, -0.15) is 9.61 Å². The van der Waals surface area contributed by atoms with Crippen molar-refractivity contribution in [2.75, 3.05) is 7.11 Å². The number of fused-ring (bicyclic) bond motifs is 1. The predicted octanol–water partition coefficient (Wildman–Crippen LogP) is -0.994. The zero-order valence-corrected chi connectivity index (χ0v) is 12.2. The molecule has 0 spiro atoms. The van der Waals surface area contributed by atoms with Gasteiger partial charge in [0, 0.05) is 18.3 Å². The predicted molar refractivity (Wildman–Crippen MR) is 77.7 cm³/mol. The van der Waals surface area contributed by atoms with Crippen LogP contribution in [0.1, 0.15) is 5.82 Å². The fourth-order valence-corrected chi connectivity index (χ4v) is 1.91. The van der Waals surface area contributed by atoms with Gasteiger partial charge in [-0.1, -0.05) is 0 Å². The number of hydrogen-bond acceptors (Lipinski definition) is 7. The lowest BCUT2D eigenvalue weighted by molar-refractivity contribution is -0.122. The van der Waals surface area contributed by atoms with Crippen molar-refractivity contribution >= 4 is 11.6 Å². The van der Waals surface area contributed by atoms with Crippen molar-refractivity contribution in [1.82, 2.24) is 34.9 Å². The second kappa shape index (κ2) is 6.22. The molecule has 0 aliphatic heterocycles. The van der Waals surface area contributed by atoms with E-state index < -0.39 is 0 Å². The molecule has 3 rings (SSSR count). The first-order valence-electron chi connectivity index (χ1n) is 6.71. The van der Waals surface area contributed by atoms with Crippen molar-refractivity contribution in [2.45, 2.75) is 13.1 Å². The molecular formula is C13H13N7O3. The lowest BCUT2D eigenvalue weighted by atomic mass is 10.5. The number of nitrogens with zero attached hydrogens (tertiary/aromatic N) is 6. The number of methoxy groups -OCH3 is 1. The molecule has 3 aromatic heterocycles. The molecule has 0 saturated carbocycles. The standard InChI is InChI=1S/C13H13N7O3/c1-23-12-5-4-9-16-17-10(20(9)18-12)7-14-11(21)8-19-13(22)3-2-6-15-19/h2-6H,7-8H2,1H3,(H,14,21). The average Bonchev–Trinajstić information content (AvgIpc) is 2.97. The summed E-state index contributed by atoms with van der Waals surface area (Å²) in [5.41, 5.74) is 0.193. The van der Waals surface area contributed by atoms with Gasteiger partial charge in [0.2, 0.25) is 11.8 Å². The summed E-state index contributed by atoms with van der Waals surface area (Å²) in [5, 5.41) is 18.6. The number of ether oxygens (including phenoxy) is 1. The largest absolute Gasteiger partial charge is 0.480 e. The van der Waals surface area contributed by atoms with Gasteiger partial charge in [0.1, 0.15) is 6.54 Å². The fraction of sp³-hybridized carbons (Fsp3) is 0.231. The van der Waals surface area contributed by atoms with E-state index in [1.807, 2.05) is 0 Å². The first-order valence-corrected chi connectivity index (χ1v) is 6.71. The van der Waals surface area contributed by atoms with Gasteiger partial charge in [-0.15, -0.1) is 15.3 Å². The van der Waals surface area contributed by atoms with E-state index in [0.717, 1.165) is 4.68 Å². The van der Waals surface area contributed by atoms with E-state index in [2.05, 4.69) is 25.7 Å². The third-order valence-corrected chi connectivity index (χ3v) is 3.03. The highest BCUT2D eigenvalue weighted by Gasteiger charge is 2.10. The van der Waals surface area contributed by atoms with Crippen LogP contribution in [0.3, 0.4) is 0 Å². The van der Waals surface area contributed by atoms with Crippen molar-refractivity contribution < 1.29 is 9.53 Å². The molecule has 3 heterocycles. The summed E-state index contributed by atoms with van der Waals surface area (Å²) in [6.45, 7) is -0.0606. The molecule has 0 saturated heterocycles. The molecule has 1 amide bonds. The minimum absolute atomic E-state index is 0.113. The number of amides is 1. The highest BCUT2D eigenvalue weighted by molar-refractivity contribution is 5.75. The van der Waals surface area contributed by atoms with Gasteiger partial charge in [-0.05, 0) is 12.1 Å². The number of carbonyl (C=O) groups is 1. The van der Waals surface area contributed by atoms with Crippen molar-refractivity contribution in [2.24, 2.45) is 0 Å². The molecule has 23 heavy (non-hydrogen) atoms. The quantitative estimate of drug-likeness (QED) is 0.642. The molecule has 1 N–H and O–H groups in total. The molecule has 0 aromatic carbocycles. The maximum atomic E-state index is 11.9. The highest BCUT2D eigenvalue weighted by Crippen LogP contribution is 2.08. The molecule has 0 fully saturated rings. The topological polar surface area (TPSA) is 116 Å². The third-order valence-electron chi connectivity index (χ3n) is 3.03. The van der Waals surface area contributed by atoms with Crippen LogP contribution in [0.15, 0.2) is 35.3 Å². The molecule has 0 aliphatic rings. The molecule has 0 atom stereocenters. The number of aromatic nitrogens is 6. The normalized spacial score (nSPS) is 10.7. The molecule has 10 nitrogen and oxygen atoms in total. The Morgan fingerprint density at radius 1 is 1.30 bits per heavy atom. The van der Waals surface area contributed by atoms with Crippen LogP contribution in [0.25, 0.3) is 5.65 Å². The summed E-state index contributed by atoms with van der Waals surface area (Å²) >= 11 is 0. The van der Waals surface area contributed by atoms with Gasteiger partial charge in [0.15, 0.2) is 11.5 Å². The van der Waals surface area contributed by atoms with Crippen LogP contribution in [0, 0.1) is 0 Å². The Morgan fingerprint density at radius 3 is 2.96 bits per heavy atom. The summed E-state index contributed by atoms with van der Waals surface area (Å²) < 4.78 is 7.59. The minimum Gasteiger partial charge on any atom is -0.480 e. The Bertz CT molecular complexity index is 902. The molecule has 0 aliphatic carbocycles. The zero-order valence-electron chi connectivity index (χ0n) is 12.2. The molecule has 10 heteroatoms. The van der Waals surface area contributed by atoms with Crippen LogP contribution in [0.2, 0.25) is 0 Å². The number of hydrogen-bond donors (Lipinski definition) is 1. The van der Waals surface area contributed by atoms with E-state index >= 15 is 0 Å². The van der Waals surface area contributed by atoms with Crippen molar-refractivity contribution in [3.8, 4) is 5.88 Å². The molecule has 0 radical (unpaired) electrons. The molecule has 0 unspecified atom stereocenters. The first-order chi connectivity index (χ1) is 11.2. The van der Waals surface area contributed by atoms with Crippen molar-refractivity contribution in [1.29, 1.82) is 0 Å². The van der Waals surface area contributed by atoms with Gasteiger partial charge in [0.05, 0.1) is 13.7 Å². The van der Waals surface area contributed by atoms with E-state index in [4.69, 9.17) is 4.74 Å². The Balaban J connectivity index is 1.69. The van der Waals surface area contributed by atoms with Crippen LogP contribution in [0.5, 0.6) is 5.88 Å². The van der Waals surface area contributed by atoms with E-state index in [1.54, 1.807) is 12.1 Å². The smallest absolute Gasteiger partial charge is 0.267 e. The number of carbonyl (C=O) groups excluding carboxylic acids is 1. The lowest BCUT2D eigenvalue weighted by Gasteiger charge is -2.05. The van der Waals surface area contributed by atoms with Crippen LogP contribution in [-0.2, 0) is 17.9 Å². The van der Waals surface area contributed by atoms with Gasteiger partial charge in [-0.3, -0.25) is 9.59 Å². The van der Waals surface area contributed by atoms with E-state index in [9.17, 15) is 9.59 Å².